The largest absolute Gasteiger partial charge is 0.497 e. The van der Waals surface area contributed by atoms with Crippen molar-refractivity contribution >= 4 is 28.6 Å². The number of rotatable bonds is 9. The number of carbonyl (C=O) groups excluding carboxylic acids is 3. The molecule has 8 heteroatoms. The average molecular weight is 444 g/mol. The number of aromatic amines is 1. The number of fused-ring (bicyclic) bond motifs is 1. The van der Waals surface area contributed by atoms with E-state index in [9.17, 15) is 14.4 Å². The zero-order valence-electron chi connectivity index (χ0n) is 19.4. The van der Waals surface area contributed by atoms with E-state index in [0.717, 1.165) is 40.9 Å². The maximum absolute atomic E-state index is 13.3. The summed E-state index contributed by atoms with van der Waals surface area (Å²) in [6.45, 7) is 6.07. The Morgan fingerprint density at radius 3 is 2.66 bits per heavy atom. The van der Waals surface area contributed by atoms with E-state index in [1.54, 1.807) is 12.0 Å². The van der Waals surface area contributed by atoms with Gasteiger partial charge in [0.05, 0.1) is 20.6 Å². The molecular formula is C24H33N3O5. The highest BCUT2D eigenvalue weighted by Crippen LogP contribution is 2.27. The van der Waals surface area contributed by atoms with Crippen LogP contribution in [0, 0.1) is 6.92 Å². The Kier molecular flexibility index (Phi) is 7.90. The Morgan fingerprint density at radius 2 is 1.97 bits per heavy atom. The number of benzene rings is 1. The van der Waals surface area contributed by atoms with Gasteiger partial charge in [0.2, 0.25) is 5.91 Å². The third kappa shape index (κ3) is 5.30. The molecule has 8 nitrogen and oxygen atoms in total. The van der Waals surface area contributed by atoms with Crippen molar-refractivity contribution in [3.8, 4) is 5.75 Å². The van der Waals surface area contributed by atoms with Crippen molar-refractivity contribution in [2.45, 2.75) is 45.6 Å². The van der Waals surface area contributed by atoms with Crippen LogP contribution in [-0.4, -0.2) is 78.9 Å². The van der Waals surface area contributed by atoms with E-state index in [1.807, 2.05) is 32.0 Å². The first-order valence-corrected chi connectivity index (χ1v) is 11.1. The van der Waals surface area contributed by atoms with Crippen LogP contribution in [0.5, 0.6) is 5.75 Å². The predicted molar refractivity (Wildman–Crippen MR) is 122 cm³/mol. The van der Waals surface area contributed by atoms with E-state index in [-0.39, 0.29) is 18.1 Å². The molecule has 1 aromatic carbocycles. The number of hydrogen-bond donors (Lipinski definition) is 1. The predicted octanol–water partition coefficient (Wildman–Crippen LogP) is 2.47. The van der Waals surface area contributed by atoms with Crippen molar-refractivity contribution in [3.63, 3.8) is 0 Å². The second-order valence-corrected chi connectivity index (χ2v) is 8.24. The number of esters is 1. The summed E-state index contributed by atoms with van der Waals surface area (Å²) in [5, 5.41) is 0.948. The fraction of sp³-hybridized carbons (Fsp3) is 0.542. The smallest absolute Gasteiger partial charge is 0.329 e. The third-order valence-corrected chi connectivity index (χ3v) is 6.24. The van der Waals surface area contributed by atoms with Crippen molar-refractivity contribution in [1.82, 2.24) is 14.8 Å². The van der Waals surface area contributed by atoms with Gasteiger partial charge in [0.15, 0.2) is 0 Å². The minimum Gasteiger partial charge on any atom is -0.497 e. The molecule has 2 heterocycles. The van der Waals surface area contributed by atoms with E-state index in [1.165, 1.54) is 7.11 Å². The summed E-state index contributed by atoms with van der Waals surface area (Å²) < 4.78 is 10.3. The SMILES string of the molecule is CCC(=O)CCCN1CCN(C(=O)Cc2c(C)[nH]c3ccc(OC)cc23)C(C(=O)OC)C1. The summed E-state index contributed by atoms with van der Waals surface area (Å²) in [6, 6.07) is 5.09. The van der Waals surface area contributed by atoms with Gasteiger partial charge in [-0.1, -0.05) is 6.92 Å². The van der Waals surface area contributed by atoms with Gasteiger partial charge in [-0.25, -0.2) is 4.79 Å². The lowest BCUT2D eigenvalue weighted by molar-refractivity contribution is -0.156. The standard InChI is InChI=1S/C24H33N3O5/c1-5-17(28)7-6-10-26-11-12-27(22(15-26)24(30)32-4)23(29)14-19-16(2)25-21-9-8-18(31-3)13-20(19)21/h8-9,13,22,25H,5-7,10-12,14-15H2,1-4H3. The molecule has 0 radical (unpaired) electrons. The van der Waals surface area contributed by atoms with E-state index in [0.29, 0.717) is 32.5 Å². The molecule has 1 aromatic heterocycles. The second-order valence-electron chi connectivity index (χ2n) is 8.24. The number of ether oxygens (including phenoxy) is 2. The van der Waals surface area contributed by atoms with Gasteiger partial charge in [-0.2, -0.15) is 0 Å². The summed E-state index contributed by atoms with van der Waals surface area (Å²) in [7, 11) is 2.96. The van der Waals surface area contributed by atoms with Gasteiger partial charge >= 0.3 is 5.97 Å². The van der Waals surface area contributed by atoms with Crippen LogP contribution in [0.1, 0.15) is 37.4 Å². The van der Waals surface area contributed by atoms with Crippen molar-refractivity contribution in [1.29, 1.82) is 0 Å². The molecule has 2 aromatic rings. The Morgan fingerprint density at radius 1 is 1.19 bits per heavy atom. The second kappa shape index (κ2) is 10.6. The van der Waals surface area contributed by atoms with Gasteiger partial charge in [0, 0.05) is 49.1 Å². The van der Waals surface area contributed by atoms with Crippen molar-refractivity contribution in [2.24, 2.45) is 0 Å². The van der Waals surface area contributed by atoms with Crippen molar-refractivity contribution < 1.29 is 23.9 Å². The summed E-state index contributed by atoms with van der Waals surface area (Å²) in [5.74, 6) is 0.458. The fourth-order valence-electron chi connectivity index (χ4n) is 4.32. The first-order chi connectivity index (χ1) is 15.4. The van der Waals surface area contributed by atoms with Crippen LogP contribution < -0.4 is 4.74 Å². The number of aromatic nitrogens is 1. The molecule has 1 fully saturated rings. The summed E-state index contributed by atoms with van der Waals surface area (Å²) in [6.07, 6.45) is 2.04. The molecular weight excluding hydrogens is 410 g/mol. The number of amides is 1. The van der Waals surface area contributed by atoms with E-state index in [2.05, 4.69) is 9.88 Å². The molecule has 1 amide bonds. The number of Topliss-reactive ketones (excluding diaryl/α,β-unsaturated/α-hetero) is 1. The van der Waals surface area contributed by atoms with Crippen molar-refractivity contribution in [2.75, 3.05) is 40.4 Å². The van der Waals surface area contributed by atoms with E-state index in [4.69, 9.17) is 9.47 Å². The van der Waals surface area contributed by atoms with Gasteiger partial charge < -0.3 is 19.4 Å². The quantitative estimate of drug-likeness (QED) is 0.599. The molecule has 1 aliphatic heterocycles. The van der Waals surface area contributed by atoms with E-state index >= 15 is 0 Å². The number of hydrogen-bond acceptors (Lipinski definition) is 6. The van der Waals surface area contributed by atoms with Gasteiger partial charge in [-0.05, 0) is 43.7 Å². The molecule has 1 unspecified atom stereocenters. The van der Waals surface area contributed by atoms with Crippen LogP contribution in [0.3, 0.4) is 0 Å². The molecule has 0 bridgehead atoms. The number of nitrogens with one attached hydrogen (secondary N) is 1. The third-order valence-electron chi connectivity index (χ3n) is 6.24. The van der Waals surface area contributed by atoms with Crippen LogP contribution in [-0.2, 0) is 25.5 Å². The Bertz CT molecular complexity index is 983. The molecule has 32 heavy (non-hydrogen) atoms. The lowest BCUT2D eigenvalue weighted by Gasteiger charge is -2.40. The normalized spacial score (nSPS) is 16.9. The van der Waals surface area contributed by atoms with Crippen LogP contribution in [0.15, 0.2) is 18.2 Å². The molecule has 0 aliphatic carbocycles. The maximum atomic E-state index is 13.3. The summed E-state index contributed by atoms with van der Waals surface area (Å²) in [5.41, 5.74) is 2.78. The monoisotopic (exact) mass is 443 g/mol. The van der Waals surface area contributed by atoms with Crippen LogP contribution >= 0.6 is 0 Å². The van der Waals surface area contributed by atoms with Gasteiger partial charge in [-0.15, -0.1) is 0 Å². The molecule has 0 saturated carbocycles. The topological polar surface area (TPSA) is 91.9 Å². The number of H-pyrrole nitrogens is 1. The van der Waals surface area contributed by atoms with Gasteiger partial charge in [0.25, 0.3) is 0 Å². The number of ketones is 1. The highest BCUT2D eigenvalue weighted by molar-refractivity contribution is 5.92. The number of piperazine rings is 1. The van der Waals surface area contributed by atoms with Gasteiger partial charge in [-0.3, -0.25) is 14.5 Å². The fourth-order valence-corrected chi connectivity index (χ4v) is 4.32. The molecule has 1 aliphatic rings. The zero-order valence-corrected chi connectivity index (χ0v) is 19.4. The number of nitrogens with zero attached hydrogens (tertiary/aromatic N) is 2. The first-order valence-electron chi connectivity index (χ1n) is 11.1. The number of aryl methyl sites for hydroxylation is 1. The lowest BCUT2D eigenvalue weighted by atomic mass is 10.0. The molecule has 0 spiro atoms. The zero-order chi connectivity index (χ0) is 23.3. The van der Waals surface area contributed by atoms with Crippen molar-refractivity contribution in [3.05, 3.63) is 29.5 Å². The summed E-state index contributed by atoms with van der Waals surface area (Å²) in [4.78, 5) is 44.5. The molecule has 1 saturated heterocycles. The molecule has 174 valence electrons. The first kappa shape index (κ1) is 23.8. The van der Waals surface area contributed by atoms with Crippen LogP contribution in [0.25, 0.3) is 10.9 Å². The minimum absolute atomic E-state index is 0.104. The Labute approximate surface area is 188 Å². The van der Waals surface area contributed by atoms with Gasteiger partial charge in [0.1, 0.15) is 17.6 Å². The Balaban J connectivity index is 1.73. The highest BCUT2D eigenvalue weighted by Gasteiger charge is 2.36. The Hall–Kier alpha value is -2.87. The number of carbonyl (C=O) groups is 3. The molecule has 1 N–H and O–H groups in total. The van der Waals surface area contributed by atoms with Crippen LogP contribution in [0.2, 0.25) is 0 Å². The van der Waals surface area contributed by atoms with Crippen LogP contribution in [0.4, 0.5) is 0 Å². The maximum Gasteiger partial charge on any atom is 0.329 e. The average Bonchev–Trinajstić information content (AvgIpc) is 3.12. The molecule has 1 atom stereocenters. The highest BCUT2D eigenvalue weighted by atomic mass is 16.5. The minimum atomic E-state index is -0.650. The number of methoxy groups -OCH3 is 2. The molecule has 3 rings (SSSR count). The summed E-state index contributed by atoms with van der Waals surface area (Å²) >= 11 is 0. The van der Waals surface area contributed by atoms with E-state index < -0.39 is 12.0 Å². The lowest BCUT2D eigenvalue weighted by Crippen LogP contribution is -2.59.